The minimum Gasteiger partial charge on any atom is -0.278 e. The van der Waals surface area contributed by atoms with Crippen molar-refractivity contribution in [3.63, 3.8) is 0 Å². The van der Waals surface area contributed by atoms with Crippen LogP contribution in [0.1, 0.15) is 19.8 Å². The summed E-state index contributed by atoms with van der Waals surface area (Å²) in [5.74, 6) is 6.26. The van der Waals surface area contributed by atoms with Crippen molar-refractivity contribution < 1.29 is 0 Å². The molecule has 0 bridgehead atoms. The Bertz CT molecular complexity index is 363. The fourth-order valence-electron chi connectivity index (χ4n) is 1.31. The molecule has 2 aliphatic rings. The number of rotatable bonds is 0. The predicted octanol–water partition coefficient (Wildman–Crippen LogP) is 2.76. The van der Waals surface area contributed by atoms with Crippen molar-refractivity contribution in [3.8, 4) is 11.8 Å². The van der Waals surface area contributed by atoms with Gasteiger partial charge in [0.15, 0.2) is 0 Å². The Labute approximate surface area is 83.0 Å². The van der Waals surface area contributed by atoms with Crippen LogP contribution in [-0.2, 0) is 0 Å². The van der Waals surface area contributed by atoms with Crippen molar-refractivity contribution in [1.29, 1.82) is 0 Å². The summed E-state index contributed by atoms with van der Waals surface area (Å²) in [6.07, 6.45) is 6.09. The highest BCUT2D eigenvalue weighted by Gasteiger charge is 2.11. The van der Waals surface area contributed by atoms with Gasteiger partial charge in [-0.1, -0.05) is 35.8 Å². The second-order valence-electron chi connectivity index (χ2n) is 3.04. The van der Waals surface area contributed by atoms with Gasteiger partial charge in [-0.2, -0.15) is 0 Å². The fraction of sp³-hybridized carbons (Fsp3) is 0.364. The molecule has 0 aromatic heterocycles. The smallest absolute Gasteiger partial charge is 0.0696 e. The maximum Gasteiger partial charge on any atom is 0.0696 e. The monoisotopic (exact) mass is 189 g/mol. The highest BCUT2D eigenvalue weighted by molar-refractivity contribution is 8.17. The predicted molar refractivity (Wildman–Crippen MR) is 58.7 cm³/mol. The summed E-state index contributed by atoms with van der Waals surface area (Å²) in [7, 11) is 0. The first-order valence-electron chi connectivity index (χ1n) is 4.39. The van der Waals surface area contributed by atoms with Crippen LogP contribution in [0.2, 0.25) is 0 Å². The third-order valence-electron chi connectivity index (χ3n) is 2.01. The Morgan fingerprint density at radius 3 is 3.31 bits per heavy atom. The molecule has 1 aliphatic carbocycles. The molecule has 2 rings (SSSR count). The van der Waals surface area contributed by atoms with E-state index < -0.39 is 0 Å². The van der Waals surface area contributed by atoms with Gasteiger partial charge in [0.1, 0.15) is 0 Å². The van der Waals surface area contributed by atoms with Crippen molar-refractivity contribution in [2.75, 3.05) is 6.54 Å². The van der Waals surface area contributed by atoms with Crippen LogP contribution < -0.4 is 0 Å². The largest absolute Gasteiger partial charge is 0.278 e. The van der Waals surface area contributed by atoms with Crippen LogP contribution in [0, 0.1) is 11.8 Å². The van der Waals surface area contributed by atoms with E-state index in [0.29, 0.717) is 0 Å². The summed E-state index contributed by atoms with van der Waals surface area (Å²) in [6, 6.07) is 0. The molecule has 0 saturated carbocycles. The Kier molecular flexibility index (Phi) is 2.56. The third kappa shape index (κ3) is 2.05. The van der Waals surface area contributed by atoms with E-state index in [0.717, 1.165) is 24.4 Å². The number of hydrogen-bond donors (Lipinski definition) is 0. The molecular weight excluding hydrogens is 178 g/mol. The number of aliphatic imine (C=N–C) groups is 1. The quantitative estimate of drug-likeness (QED) is 0.534. The maximum atomic E-state index is 4.41. The second kappa shape index (κ2) is 3.85. The highest BCUT2D eigenvalue weighted by Crippen LogP contribution is 2.29. The van der Waals surface area contributed by atoms with E-state index in [2.05, 4.69) is 35.9 Å². The van der Waals surface area contributed by atoms with Gasteiger partial charge in [-0.3, -0.25) is 4.99 Å². The minimum atomic E-state index is 0.840. The van der Waals surface area contributed by atoms with Gasteiger partial charge in [0.2, 0.25) is 0 Å². The molecule has 0 radical (unpaired) electrons. The summed E-state index contributed by atoms with van der Waals surface area (Å²) in [4.78, 5) is 5.77. The van der Waals surface area contributed by atoms with Crippen LogP contribution in [0.15, 0.2) is 27.6 Å². The van der Waals surface area contributed by atoms with Crippen molar-refractivity contribution in [1.82, 2.24) is 0 Å². The maximum absolute atomic E-state index is 4.41. The van der Waals surface area contributed by atoms with Crippen molar-refractivity contribution in [2.24, 2.45) is 4.99 Å². The normalized spacial score (nSPS) is 23.3. The molecule has 1 aliphatic heterocycles. The molecule has 0 amide bonds. The first kappa shape index (κ1) is 8.65. The molecule has 1 heterocycles. The number of allylic oxidation sites excluding steroid dienone is 2. The Morgan fingerprint density at radius 1 is 1.46 bits per heavy atom. The molecule has 13 heavy (non-hydrogen) atoms. The van der Waals surface area contributed by atoms with Gasteiger partial charge in [-0.25, -0.2) is 0 Å². The van der Waals surface area contributed by atoms with E-state index in [1.165, 1.54) is 10.5 Å². The third-order valence-corrected chi connectivity index (χ3v) is 3.08. The van der Waals surface area contributed by atoms with E-state index in [9.17, 15) is 0 Å². The van der Waals surface area contributed by atoms with Crippen LogP contribution in [0.3, 0.4) is 0 Å². The van der Waals surface area contributed by atoms with Crippen LogP contribution in [-0.4, -0.2) is 11.6 Å². The Balaban J connectivity index is 2.27. The highest BCUT2D eigenvalue weighted by atomic mass is 32.2. The van der Waals surface area contributed by atoms with Crippen LogP contribution in [0.25, 0.3) is 0 Å². The van der Waals surface area contributed by atoms with Gasteiger partial charge in [0.25, 0.3) is 0 Å². The molecular formula is C11H11NS. The summed E-state index contributed by atoms with van der Waals surface area (Å²) in [5, 5.41) is 1.16. The molecule has 2 heteroatoms. The van der Waals surface area contributed by atoms with Crippen LogP contribution >= 0.6 is 11.8 Å². The molecule has 66 valence electrons. The van der Waals surface area contributed by atoms with E-state index in [1.807, 2.05) is 0 Å². The summed E-state index contributed by atoms with van der Waals surface area (Å²) in [5.41, 5.74) is 1.37. The molecule has 0 N–H and O–H groups in total. The molecule has 0 unspecified atom stereocenters. The van der Waals surface area contributed by atoms with Crippen molar-refractivity contribution in [2.45, 2.75) is 19.8 Å². The van der Waals surface area contributed by atoms with Crippen LogP contribution in [0.5, 0.6) is 0 Å². The standard InChI is InChI=1S/C11H11NS/c1-9-12-8-10-6-4-2-3-5-7-11(10)13-9/h5,7H,3,6,8H2,1H3/b7-5-. The first-order valence-corrected chi connectivity index (χ1v) is 5.21. The average molecular weight is 189 g/mol. The average Bonchev–Trinajstić information content (AvgIpc) is 2.08. The van der Waals surface area contributed by atoms with Gasteiger partial charge in [0, 0.05) is 17.7 Å². The zero-order valence-corrected chi connectivity index (χ0v) is 8.45. The molecule has 0 fully saturated rings. The lowest BCUT2D eigenvalue weighted by atomic mass is 10.1. The molecule has 0 spiro atoms. The zero-order chi connectivity index (χ0) is 9.10. The number of thioether (sulfide) groups is 1. The molecule has 0 saturated heterocycles. The van der Waals surface area contributed by atoms with Crippen molar-refractivity contribution in [3.05, 3.63) is 22.6 Å². The van der Waals surface area contributed by atoms with Crippen LogP contribution in [0.4, 0.5) is 0 Å². The van der Waals surface area contributed by atoms with Gasteiger partial charge in [0.05, 0.1) is 11.6 Å². The molecule has 1 nitrogen and oxygen atoms in total. The molecule has 0 atom stereocenters. The van der Waals surface area contributed by atoms with E-state index in [-0.39, 0.29) is 0 Å². The van der Waals surface area contributed by atoms with E-state index >= 15 is 0 Å². The summed E-state index contributed by atoms with van der Waals surface area (Å²) < 4.78 is 0. The van der Waals surface area contributed by atoms with Gasteiger partial charge >= 0.3 is 0 Å². The first-order chi connectivity index (χ1) is 6.36. The lowest BCUT2D eigenvalue weighted by molar-refractivity contribution is 1.07. The Morgan fingerprint density at radius 2 is 2.38 bits per heavy atom. The van der Waals surface area contributed by atoms with Gasteiger partial charge in [-0.15, -0.1) is 0 Å². The zero-order valence-electron chi connectivity index (χ0n) is 7.63. The number of nitrogens with zero attached hydrogens (tertiary/aromatic N) is 1. The van der Waals surface area contributed by atoms with Gasteiger partial charge < -0.3 is 0 Å². The van der Waals surface area contributed by atoms with Gasteiger partial charge in [-0.05, 0) is 12.5 Å². The topological polar surface area (TPSA) is 12.4 Å². The Hall–Kier alpha value is -0.940. The molecule has 0 aromatic rings. The molecule has 0 aromatic carbocycles. The second-order valence-corrected chi connectivity index (χ2v) is 4.28. The lowest BCUT2D eigenvalue weighted by Crippen LogP contribution is -2.02. The number of hydrogen-bond acceptors (Lipinski definition) is 2. The SMILES string of the molecule is CC1=NCC2=C(/C=C\CC#CC2)S1. The summed E-state index contributed by atoms with van der Waals surface area (Å²) in [6.45, 7) is 2.90. The minimum absolute atomic E-state index is 0.840. The van der Waals surface area contributed by atoms with E-state index in [1.54, 1.807) is 11.8 Å². The lowest BCUT2D eigenvalue weighted by Gasteiger charge is -2.14. The van der Waals surface area contributed by atoms with E-state index in [4.69, 9.17) is 0 Å². The summed E-state index contributed by atoms with van der Waals surface area (Å²) >= 11 is 1.77. The fourth-order valence-corrected chi connectivity index (χ4v) is 2.20. The van der Waals surface area contributed by atoms with Crippen molar-refractivity contribution >= 4 is 16.8 Å².